The number of nitrogens with zero attached hydrogens (tertiary/aromatic N) is 1. The summed E-state index contributed by atoms with van der Waals surface area (Å²) in [6.45, 7) is 1.03. The number of carbonyl (C=O) groups is 1. The van der Waals surface area contributed by atoms with Crippen molar-refractivity contribution in [2.75, 3.05) is 13.1 Å². The van der Waals surface area contributed by atoms with Crippen LogP contribution in [0.25, 0.3) is 0 Å². The summed E-state index contributed by atoms with van der Waals surface area (Å²) in [6.07, 6.45) is 4.33. The number of nitrogens with two attached hydrogens (primary N) is 1. The summed E-state index contributed by atoms with van der Waals surface area (Å²) in [6, 6.07) is 10.8. The maximum absolute atomic E-state index is 11.6. The first-order valence-corrected chi connectivity index (χ1v) is 6.34. The number of aryl methyl sites for hydroxylation is 1. The minimum Gasteiger partial charge on any atom is -0.339 e. The fourth-order valence-corrected chi connectivity index (χ4v) is 2.56. The van der Waals surface area contributed by atoms with E-state index in [1.54, 1.807) is 0 Å². The topological polar surface area (TPSA) is 46.3 Å². The first-order chi connectivity index (χ1) is 8.31. The van der Waals surface area contributed by atoms with E-state index in [0.717, 1.165) is 32.2 Å². The molecule has 1 heterocycles. The van der Waals surface area contributed by atoms with Crippen LogP contribution in [0.1, 0.15) is 24.8 Å². The second kappa shape index (κ2) is 5.82. The van der Waals surface area contributed by atoms with E-state index in [1.165, 1.54) is 5.56 Å². The van der Waals surface area contributed by atoms with Crippen LogP contribution < -0.4 is 5.73 Å². The summed E-state index contributed by atoms with van der Waals surface area (Å²) in [4.78, 5) is 13.6. The standard InChI is InChI=1S/C14H20N2O/c15-11-14(17)16-10-4-7-13(16)9-8-12-5-2-1-3-6-12/h1-3,5-6,13H,4,7-11,15H2. The highest BCUT2D eigenvalue weighted by atomic mass is 16.2. The van der Waals surface area contributed by atoms with Gasteiger partial charge in [0, 0.05) is 12.6 Å². The van der Waals surface area contributed by atoms with Gasteiger partial charge in [0.05, 0.1) is 6.54 Å². The highest BCUT2D eigenvalue weighted by Gasteiger charge is 2.27. The second-order valence-corrected chi connectivity index (χ2v) is 4.61. The Bertz CT molecular complexity index is 364. The molecule has 3 nitrogen and oxygen atoms in total. The predicted octanol–water partition coefficient (Wildman–Crippen LogP) is 1.57. The highest BCUT2D eigenvalue weighted by Crippen LogP contribution is 2.21. The van der Waals surface area contributed by atoms with Crippen molar-refractivity contribution in [2.24, 2.45) is 5.73 Å². The normalized spacial score (nSPS) is 19.6. The van der Waals surface area contributed by atoms with E-state index in [4.69, 9.17) is 5.73 Å². The quantitative estimate of drug-likeness (QED) is 0.856. The molecule has 1 fully saturated rings. The molecule has 0 spiro atoms. The molecule has 1 atom stereocenters. The predicted molar refractivity (Wildman–Crippen MR) is 68.6 cm³/mol. The number of amides is 1. The van der Waals surface area contributed by atoms with Crippen molar-refractivity contribution in [1.29, 1.82) is 0 Å². The summed E-state index contributed by atoms with van der Waals surface area (Å²) in [5, 5.41) is 0. The van der Waals surface area contributed by atoms with Gasteiger partial charge in [0.1, 0.15) is 0 Å². The third kappa shape index (κ3) is 3.07. The summed E-state index contributed by atoms with van der Waals surface area (Å²) in [5.41, 5.74) is 6.78. The van der Waals surface area contributed by atoms with Gasteiger partial charge >= 0.3 is 0 Å². The molecular formula is C14H20N2O. The maximum atomic E-state index is 11.6. The molecule has 92 valence electrons. The molecule has 1 saturated heterocycles. The molecule has 2 N–H and O–H groups in total. The molecule has 17 heavy (non-hydrogen) atoms. The van der Waals surface area contributed by atoms with Crippen molar-refractivity contribution in [1.82, 2.24) is 4.90 Å². The molecular weight excluding hydrogens is 212 g/mol. The minimum absolute atomic E-state index is 0.0977. The Morgan fingerprint density at radius 1 is 1.35 bits per heavy atom. The third-order valence-electron chi connectivity index (χ3n) is 3.48. The van der Waals surface area contributed by atoms with Crippen LogP contribution in [-0.4, -0.2) is 29.9 Å². The Morgan fingerprint density at radius 2 is 2.12 bits per heavy atom. The van der Waals surface area contributed by atoms with Crippen LogP contribution in [0.5, 0.6) is 0 Å². The zero-order chi connectivity index (χ0) is 12.1. The zero-order valence-electron chi connectivity index (χ0n) is 10.1. The molecule has 1 amide bonds. The van der Waals surface area contributed by atoms with Gasteiger partial charge in [-0.2, -0.15) is 0 Å². The Balaban J connectivity index is 1.88. The van der Waals surface area contributed by atoms with Crippen LogP contribution in [-0.2, 0) is 11.2 Å². The SMILES string of the molecule is NCC(=O)N1CCCC1CCc1ccccc1. The molecule has 1 aliphatic heterocycles. The molecule has 1 aromatic rings. The Labute approximate surface area is 103 Å². The molecule has 1 unspecified atom stereocenters. The van der Waals surface area contributed by atoms with E-state index in [-0.39, 0.29) is 12.5 Å². The minimum atomic E-state index is 0.0977. The van der Waals surface area contributed by atoms with Crippen LogP contribution in [0, 0.1) is 0 Å². The largest absolute Gasteiger partial charge is 0.339 e. The van der Waals surface area contributed by atoms with Crippen molar-refractivity contribution in [3.63, 3.8) is 0 Å². The van der Waals surface area contributed by atoms with Gasteiger partial charge in [-0.15, -0.1) is 0 Å². The van der Waals surface area contributed by atoms with Gasteiger partial charge < -0.3 is 10.6 Å². The van der Waals surface area contributed by atoms with Crippen LogP contribution in [0.2, 0.25) is 0 Å². The molecule has 1 aromatic carbocycles. The van der Waals surface area contributed by atoms with Crippen molar-refractivity contribution in [3.05, 3.63) is 35.9 Å². The summed E-state index contributed by atoms with van der Waals surface area (Å²) in [7, 11) is 0. The fourth-order valence-electron chi connectivity index (χ4n) is 2.56. The number of carbonyl (C=O) groups excluding carboxylic acids is 1. The van der Waals surface area contributed by atoms with Gasteiger partial charge in [-0.05, 0) is 31.2 Å². The molecule has 0 saturated carbocycles. The molecule has 1 aliphatic rings. The molecule has 0 aliphatic carbocycles. The average Bonchev–Trinajstić information content (AvgIpc) is 2.85. The number of likely N-dealkylation sites (tertiary alicyclic amines) is 1. The number of hydrogen-bond donors (Lipinski definition) is 1. The van der Waals surface area contributed by atoms with Gasteiger partial charge in [0.25, 0.3) is 0 Å². The Kier molecular flexibility index (Phi) is 4.15. The van der Waals surface area contributed by atoms with Crippen LogP contribution >= 0.6 is 0 Å². The van der Waals surface area contributed by atoms with Crippen molar-refractivity contribution in [2.45, 2.75) is 31.7 Å². The van der Waals surface area contributed by atoms with E-state index in [1.807, 2.05) is 11.0 Å². The highest BCUT2D eigenvalue weighted by molar-refractivity contribution is 5.78. The first-order valence-electron chi connectivity index (χ1n) is 6.34. The number of hydrogen-bond acceptors (Lipinski definition) is 2. The third-order valence-corrected chi connectivity index (χ3v) is 3.48. The molecule has 3 heteroatoms. The van der Waals surface area contributed by atoms with Gasteiger partial charge in [0.15, 0.2) is 0 Å². The van der Waals surface area contributed by atoms with Crippen molar-refractivity contribution in [3.8, 4) is 0 Å². The van der Waals surface area contributed by atoms with Crippen LogP contribution in [0.3, 0.4) is 0 Å². The van der Waals surface area contributed by atoms with Crippen LogP contribution in [0.4, 0.5) is 0 Å². The lowest BCUT2D eigenvalue weighted by molar-refractivity contribution is -0.130. The monoisotopic (exact) mass is 232 g/mol. The van der Waals surface area contributed by atoms with Gasteiger partial charge in [-0.1, -0.05) is 30.3 Å². The lowest BCUT2D eigenvalue weighted by Crippen LogP contribution is -2.39. The number of rotatable bonds is 4. The number of benzene rings is 1. The smallest absolute Gasteiger partial charge is 0.236 e. The Hall–Kier alpha value is -1.35. The lowest BCUT2D eigenvalue weighted by Gasteiger charge is -2.24. The lowest BCUT2D eigenvalue weighted by atomic mass is 10.0. The second-order valence-electron chi connectivity index (χ2n) is 4.61. The fraction of sp³-hybridized carbons (Fsp3) is 0.500. The van der Waals surface area contributed by atoms with Crippen LogP contribution in [0.15, 0.2) is 30.3 Å². The van der Waals surface area contributed by atoms with Crippen molar-refractivity contribution < 1.29 is 4.79 Å². The van der Waals surface area contributed by atoms with Gasteiger partial charge in [-0.25, -0.2) is 0 Å². The van der Waals surface area contributed by atoms with Gasteiger partial charge in [-0.3, -0.25) is 4.79 Å². The average molecular weight is 232 g/mol. The van der Waals surface area contributed by atoms with E-state index in [9.17, 15) is 4.79 Å². The molecule has 0 bridgehead atoms. The maximum Gasteiger partial charge on any atom is 0.236 e. The van der Waals surface area contributed by atoms with Crippen molar-refractivity contribution >= 4 is 5.91 Å². The van der Waals surface area contributed by atoms with E-state index in [0.29, 0.717) is 6.04 Å². The summed E-state index contributed by atoms with van der Waals surface area (Å²) in [5.74, 6) is 0.0977. The summed E-state index contributed by atoms with van der Waals surface area (Å²) >= 11 is 0. The summed E-state index contributed by atoms with van der Waals surface area (Å²) < 4.78 is 0. The van der Waals surface area contributed by atoms with E-state index >= 15 is 0 Å². The zero-order valence-corrected chi connectivity index (χ0v) is 10.1. The first kappa shape index (κ1) is 12.1. The molecule has 2 rings (SSSR count). The van der Waals surface area contributed by atoms with Gasteiger partial charge in [0.2, 0.25) is 5.91 Å². The molecule has 0 aromatic heterocycles. The Morgan fingerprint density at radius 3 is 2.82 bits per heavy atom. The van der Waals surface area contributed by atoms with E-state index in [2.05, 4.69) is 24.3 Å². The molecule has 0 radical (unpaired) electrons. The van der Waals surface area contributed by atoms with E-state index < -0.39 is 0 Å².